The van der Waals surface area contributed by atoms with Crippen LogP contribution < -0.4 is 10.0 Å². The average molecular weight is 392 g/mol. The van der Waals surface area contributed by atoms with Gasteiger partial charge in [0, 0.05) is 23.4 Å². The van der Waals surface area contributed by atoms with Gasteiger partial charge in [-0.2, -0.15) is 5.26 Å². The number of nitrogens with zero attached hydrogens (tertiary/aromatic N) is 1. The zero-order valence-corrected chi connectivity index (χ0v) is 16.2. The summed E-state index contributed by atoms with van der Waals surface area (Å²) in [5.41, 5.74) is 0.392. The zero-order chi connectivity index (χ0) is 19.2. The quantitative estimate of drug-likeness (QED) is 0.676. The van der Waals surface area contributed by atoms with E-state index in [4.69, 9.17) is 5.26 Å². The molecule has 2 N–H and O–H groups in total. The van der Waals surface area contributed by atoms with Crippen molar-refractivity contribution in [3.8, 4) is 6.07 Å². The first kappa shape index (κ1) is 20.1. The Bertz CT molecular complexity index is 867. The number of carbonyl (C=O) groups excluding carboxylic acids is 1. The van der Waals surface area contributed by atoms with Crippen LogP contribution in [0.4, 0.5) is 0 Å². The molecule has 0 unspecified atom stereocenters. The molecule has 1 atom stereocenters. The van der Waals surface area contributed by atoms with Crippen molar-refractivity contribution in [3.63, 3.8) is 0 Å². The third kappa shape index (κ3) is 5.14. The molecule has 0 aliphatic heterocycles. The minimum atomic E-state index is -3.68. The summed E-state index contributed by atoms with van der Waals surface area (Å²) in [4.78, 5) is 13.7. The Morgan fingerprint density at radius 2 is 1.92 bits per heavy atom. The molecule has 0 aliphatic carbocycles. The Morgan fingerprint density at radius 1 is 1.23 bits per heavy atom. The summed E-state index contributed by atoms with van der Waals surface area (Å²) in [7, 11) is -3.68. The van der Waals surface area contributed by atoms with Crippen molar-refractivity contribution >= 4 is 27.3 Å². The number of carbonyl (C=O) groups is 1. The standard InChI is InChI=1S/C18H21N3O3S2/c1-13(2)17(16-5-3-12-25-16)21-18(22)14-6-8-15(9-7-14)26(23,24)20-11-4-10-19/h3,5-9,12-13,17,20H,4,11H2,1-2H3,(H,21,22)/t17-/m0/s1. The van der Waals surface area contributed by atoms with E-state index in [0.717, 1.165) is 4.88 Å². The summed E-state index contributed by atoms with van der Waals surface area (Å²) in [6.07, 6.45) is 0.0963. The van der Waals surface area contributed by atoms with Gasteiger partial charge in [-0.25, -0.2) is 13.1 Å². The van der Waals surface area contributed by atoms with Crippen LogP contribution in [0.3, 0.4) is 0 Å². The van der Waals surface area contributed by atoms with Crippen molar-refractivity contribution in [3.05, 3.63) is 52.2 Å². The number of sulfonamides is 1. The first-order chi connectivity index (χ1) is 12.3. The summed E-state index contributed by atoms with van der Waals surface area (Å²) in [6, 6.07) is 11.5. The van der Waals surface area contributed by atoms with Crippen LogP contribution >= 0.6 is 11.3 Å². The molecule has 0 radical (unpaired) electrons. The second-order valence-corrected chi connectivity index (χ2v) is 8.79. The Hall–Kier alpha value is -2.21. The van der Waals surface area contributed by atoms with Crippen LogP contribution in [0.1, 0.15) is 41.5 Å². The molecule has 0 saturated heterocycles. The van der Waals surface area contributed by atoms with Crippen molar-refractivity contribution < 1.29 is 13.2 Å². The molecule has 0 saturated carbocycles. The van der Waals surface area contributed by atoms with Crippen molar-refractivity contribution in [2.75, 3.05) is 6.54 Å². The number of amides is 1. The van der Waals surface area contributed by atoms with Crippen LogP contribution in [0.25, 0.3) is 0 Å². The highest BCUT2D eigenvalue weighted by atomic mass is 32.2. The van der Waals surface area contributed by atoms with E-state index in [1.54, 1.807) is 11.3 Å². The maximum atomic E-state index is 12.5. The predicted octanol–water partition coefficient (Wildman–Crippen LogP) is 3.07. The molecule has 8 heteroatoms. The summed E-state index contributed by atoms with van der Waals surface area (Å²) in [5, 5.41) is 13.5. The van der Waals surface area contributed by atoms with E-state index in [0.29, 0.717) is 5.56 Å². The third-order valence-corrected chi connectivity index (χ3v) is 6.19. The van der Waals surface area contributed by atoms with E-state index < -0.39 is 10.0 Å². The second-order valence-electron chi connectivity index (χ2n) is 6.04. The fourth-order valence-corrected chi connectivity index (χ4v) is 4.35. The molecular weight excluding hydrogens is 370 g/mol. The maximum absolute atomic E-state index is 12.5. The van der Waals surface area contributed by atoms with Gasteiger partial charge in [-0.1, -0.05) is 19.9 Å². The molecule has 0 fully saturated rings. The van der Waals surface area contributed by atoms with E-state index in [2.05, 4.69) is 10.0 Å². The zero-order valence-electron chi connectivity index (χ0n) is 14.6. The van der Waals surface area contributed by atoms with E-state index in [1.807, 2.05) is 37.4 Å². The van der Waals surface area contributed by atoms with Crippen molar-refractivity contribution in [1.29, 1.82) is 5.26 Å². The van der Waals surface area contributed by atoms with Gasteiger partial charge in [0.15, 0.2) is 0 Å². The van der Waals surface area contributed by atoms with Crippen molar-refractivity contribution in [2.45, 2.75) is 31.2 Å². The van der Waals surface area contributed by atoms with Crippen LogP contribution in [-0.4, -0.2) is 20.9 Å². The van der Waals surface area contributed by atoms with Gasteiger partial charge in [-0.3, -0.25) is 4.79 Å². The molecule has 1 aromatic carbocycles. The molecule has 0 bridgehead atoms. The van der Waals surface area contributed by atoms with Gasteiger partial charge < -0.3 is 5.32 Å². The minimum Gasteiger partial charge on any atom is -0.344 e. The lowest BCUT2D eigenvalue weighted by atomic mass is 10.0. The summed E-state index contributed by atoms with van der Waals surface area (Å²) >= 11 is 1.59. The molecule has 2 rings (SSSR count). The first-order valence-corrected chi connectivity index (χ1v) is 10.5. The van der Waals surface area contributed by atoms with E-state index >= 15 is 0 Å². The van der Waals surface area contributed by atoms with Crippen LogP contribution in [0.2, 0.25) is 0 Å². The molecular formula is C18H21N3O3S2. The molecule has 6 nitrogen and oxygen atoms in total. The number of hydrogen-bond acceptors (Lipinski definition) is 5. The average Bonchev–Trinajstić information content (AvgIpc) is 3.13. The van der Waals surface area contributed by atoms with Crippen molar-refractivity contribution in [1.82, 2.24) is 10.0 Å². The molecule has 0 aliphatic rings. The highest BCUT2D eigenvalue weighted by Gasteiger charge is 2.20. The number of hydrogen-bond donors (Lipinski definition) is 2. The monoisotopic (exact) mass is 391 g/mol. The lowest BCUT2D eigenvalue weighted by Gasteiger charge is -2.21. The Balaban J connectivity index is 2.10. The Labute approximate surface area is 157 Å². The first-order valence-electron chi connectivity index (χ1n) is 8.16. The summed E-state index contributed by atoms with van der Waals surface area (Å²) in [6.45, 7) is 4.12. The van der Waals surface area contributed by atoms with Crippen LogP contribution in [0.5, 0.6) is 0 Å². The molecule has 1 aromatic heterocycles. The SMILES string of the molecule is CC(C)[C@H](NC(=O)c1ccc(S(=O)(=O)NCCC#N)cc1)c1cccs1. The lowest BCUT2D eigenvalue weighted by molar-refractivity contribution is 0.0926. The number of benzene rings is 1. The maximum Gasteiger partial charge on any atom is 0.251 e. The van der Waals surface area contributed by atoms with Gasteiger partial charge in [-0.05, 0) is 41.6 Å². The Kier molecular flexibility index (Phi) is 6.91. The number of thiophene rings is 1. The van der Waals surface area contributed by atoms with Gasteiger partial charge in [-0.15, -0.1) is 11.3 Å². The Morgan fingerprint density at radius 3 is 2.46 bits per heavy atom. The number of nitriles is 1. The largest absolute Gasteiger partial charge is 0.344 e. The number of rotatable bonds is 8. The molecule has 138 valence electrons. The summed E-state index contributed by atoms with van der Waals surface area (Å²) < 4.78 is 26.5. The van der Waals surface area contributed by atoms with Gasteiger partial charge in [0.25, 0.3) is 5.91 Å². The van der Waals surface area contributed by atoms with Crippen LogP contribution in [-0.2, 0) is 10.0 Å². The summed E-state index contributed by atoms with van der Waals surface area (Å²) in [5.74, 6) is -0.0277. The van der Waals surface area contributed by atoms with Gasteiger partial charge in [0.2, 0.25) is 10.0 Å². The fourth-order valence-electron chi connectivity index (χ4n) is 2.37. The molecule has 1 amide bonds. The van der Waals surface area contributed by atoms with Crippen molar-refractivity contribution in [2.24, 2.45) is 5.92 Å². The molecule has 0 spiro atoms. The van der Waals surface area contributed by atoms with E-state index in [9.17, 15) is 13.2 Å². The molecule has 26 heavy (non-hydrogen) atoms. The van der Waals surface area contributed by atoms with Gasteiger partial charge >= 0.3 is 0 Å². The third-order valence-electron chi connectivity index (χ3n) is 3.76. The van der Waals surface area contributed by atoms with E-state index in [-0.39, 0.29) is 35.7 Å². The molecule has 2 aromatic rings. The van der Waals surface area contributed by atoms with Crippen LogP contribution in [0.15, 0.2) is 46.7 Å². The van der Waals surface area contributed by atoms with Gasteiger partial charge in [0.05, 0.1) is 17.0 Å². The lowest BCUT2D eigenvalue weighted by Crippen LogP contribution is -2.31. The predicted molar refractivity (Wildman–Crippen MR) is 101 cm³/mol. The topological polar surface area (TPSA) is 99.1 Å². The van der Waals surface area contributed by atoms with Gasteiger partial charge in [0.1, 0.15) is 0 Å². The normalized spacial score (nSPS) is 12.5. The molecule has 1 heterocycles. The van der Waals surface area contributed by atoms with E-state index in [1.165, 1.54) is 24.3 Å². The fraction of sp³-hybridized carbons (Fsp3) is 0.333. The highest BCUT2D eigenvalue weighted by molar-refractivity contribution is 7.89. The highest BCUT2D eigenvalue weighted by Crippen LogP contribution is 2.26. The second kappa shape index (κ2) is 8.94. The smallest absolute Gasteiger partial charge is 0.251 e. The minimum absolute atomic E-state index is 0.0535. The van der Waals surface area contributed by atoms with Crippen LogP contribution in [0, 0.1) is 17.2 Å². The number of nitrogens with one attached hydrogen (secondary N) is 2.